The van der Waals surface area contributed by atoms with Gasteiger partial charge in [-0.05, 0) is 56.2 Å². The number of unbranched alkanes of at least 4 members (excludes halogenated alkanes) is 1. The molecule has 0 saturated heterocycles. The number of carbonyl (C=O) groups is 1. The molecule has 1 N–H and O–H groups in total. The van der Waals surface area contributed by atoms with Gasteiger partial charge in [0.25, 0.3) is 5.56 Å². The van der Waals surface area contributed by atoms with Gasteiger partial charge in [-0.15, -0.1) is 11.3 Å². The van der Waals surface area contributed by atoms with Crippen LogP contribution >= 0.6 is 11.3 Å². The Labute approximate surface area is 181 Å². The molecule has 0 aliphatic carbocycles. The molecule has 0 atom stereocenters. The Bertz CT molecular complexity index is 1310. The molecule has 0 unspecified atom stereocenters. The number of hydrogen-bond acceptors (Lipinski definition) is 5. The van der Waals surface area contributed by atoms with E-state index in [1.54, 1.807) is 6.07 Å². The van der Waals surface area contributed by atoms with Crippen molar-refractivity contribution < 1.29 is 14.3 Å². The molecule has 0 spiro atoms. The third-order valence-corrected chi connectivity index (χ3v) is 5.94. The second kappa shape index (κ2) is 8.77. The Morgan fingerprint density at radius 1 is 1.13 bits per heavy atom. The number of carboxylic acid groups (broad SMARTS) is 1. The molecule has 2 aromatic heterocycles. The van der Waals surface area contributed by atoms with Crippen molar-refractivity contribution in [2.24, 2.45) is 0 Å². The van der Waals surface area contributed by atoms with Crippen molar-refractivity contribution >= 4 is 28.2 Å². The van der Waals surface area contributed by atoms with Crippen LogP contribution in [0.1, 0.15) is 30.8 Å². The third kappa shape index (κ3) is 4.54. The molecule has 4 aromatic rings. The van der Waals surface area contributed by atoms with Gasteiger partial charge in [-0.3, -0.25) is 14.2 Å². The lowest BCUT2D eigenvalue weighted by atomic mass is 10.1. The van der Waals surface area contributed by atoms with E-state index in [0.717, 1.165) is 16.3 Å². The number of aliphatic carboxylic acids is 1. The first-order valence-corrected chi connectivity index (χ1v) is 10.8. The predicted octanol–water partition coefficient (Wildman–Crippen LogP) is 4.75. The normalized spacial score (nSPS) is 11.2. The van der Waals surface area contributed by atoms with Gasteiger partial charge in [0, 0.05) is 29.5 Å². The van der Waals surface area contributed by atoms with Gasteiger partial charge in [0.2, 0.25) is 0 Å². The number of thiazole rings is 1. The average molecular weight is 437 g/mol. The quantitative estimate of drug-likeness (QED) is 0.422. The Hall–Kier alpha value is -3.39. The van der Waals surface area contributed by atoms with E-state index in [2.05, 4.69) is 4.98 Å². The van der Waals surface area contributed by atoms with E-state index in [0.29, 0.717) is 41.7 Å². The monoisotopic (exact) mass is 437 g/mol. The van der Waals surface area contributed by atoms with Crippen molar-refractivity contribution in [1.82, 2.24) is 14.5 Å². The summed E-state index contributed by atoms with van der Waals surface area (Å²) in [5.41, 5.74) is 2.65. The van der Waals surface area contributed by atoms with Gasteiger partial charge in [0.05, 0.1) is 16.6 Å². The lowest BCUT2D eigenvalue weighted by Gasteiger charge is -2.14. The van der Waals surface area contributed by atoms with Crippen LogP contribution in [0.3, 0.4) is 0 Å². The smallest absolute Gasteiger partial charge is 0.303 e. The second-order valence-electron chi connectivity index (χ2n) is 7.27. The number of rotatable bonds is 7. The van der Waals surface area contributed by atoms with Crippen LogP contribution < -0.4 is 5.56 Å². The zero-order valence-corrected chi connectivity index (χ0v) is 17.7. The van der Waals surface area contributed by atoms with Crippen molar-refractivity contribution in [2.75, 3.05) is 0 Å². The summed E-state index contributed by atoms with van der Waals surface area (Å²) in [7, 11) is 0. The molecule has 6 nitrogen and oxygen atoms in total. The molecular weight excluding hydrogens is 417 g/mol. The number of benzene rings is 2. The van der Waals surface area contributed by atoms with Crippen LogP contribution in [-0.2, 0) is 11.2 Å². The zero-order valence-electron chi connectivity index (χ0n) is 16.8. The fraction of sp³-hybridized carbons (Fsp3) is 0.217. The minimum absolute atomic E-state index is 0.0574. The maximum Gasteiger partial charge on any atom is 0.303 e. The van der Waals surface area contributed by atoms with Crippen LogP contribution in [-0.4, -0.2) is 25.6 Å². The van der Waals surface area contributed by atoms with Crippen LogP contribution in [0.25, 0.3) is 27.2 Å². The molecule has 158 valence electrons. The number of carboxylic acids is 1. The lowest BCUT2D eigenvalue weighted by Crippen LogP contribution is -2.24. The standard InChI is InChI=1S/C23H20FN3O3S/c1-14-13-31-22(25-14)15-6-11-18-19(12-15)26-20(4-2-3-5-21(28)29)27(23(18)30)17-9-7-16(24)8-10-17/h6-13H,2-5H2,1H3,(H,28,29). The van der Waals surface area contributed by atoms with Gasteiger partial charge in [-0.2, -0.15) is 0 Å². The Morgan fingerprint density at radius 2 is 1.90 bits per heavy atom. The van der Waals surface area contributed by atoms with Crippen LogP contribution in [0.2, 0.25) is 0 Å². The molecule has 4 rings (SSSR count). The average Bonchev–Trinajstić information content (AvgIpc) is 3.18. The SMILES string of the molecule is Cc1csc(-c2ccc3c(=O)n(-c4ccc(F)cc4)c(CCCCC(=O)O)nc3c2)n1. The Balaban J connectivity index is 1.82. The summed E-state index contributed by atoms with van der Waals surface area (Å²) < 4.78 is 14.9. The Morgan fingerprint density at radius 3 is 2.58 bits per heavy atom. The summed E-state index contributed by atoms with van der Waals surface area (Å²) in [5, 5.41) is 12.2. The highest BCUT2D eigenvalue weighted by molar-refractivity contribution is 7.13. The highest BCUT2D eigenvalue weighted by atomic mass is 32.1. The van der Waals surface area contributed by atoms with Crippen LogP contribution in [0.4, 0.5) is 4.39 Å². The predicted molar refractivity (Wildman–Crippen MR) is 118 cm³/mol. The first-order valence-electron chi connectivity index (χ1n) is 9.88. The number of nitrogens with zero attached hydrogens (tertiary/aromatic N) is 3. The van der Waals surface area contributed by atoms with Crippen molar-refractivity contribution in [1.29, 1.82) is 0 Å². The van der Waals surface area contributed by atoms with Gasteiger partial charge in [-0.1, -0.05) is 6.07 Å². The first kappa shape index (κ1) is 20.9. The molecule has 0 amide bonds. The maximum atomic E-state index is 13.4. The van der Waals surface area contributed by atoms with Crippen molar-refractivity contribution in [3.63, 3.8) is 0 Å². The molecule has 0 bridgehead atoms. The largest absolute Gasteiger partial charge is 0.481 e. The van der Waals surface area contributed by atoms with Gasteiger partial charge < -0.3 is 5.11 Å². The summed E-state index contributed by atoms with van der Waals surface area (Å²) in [5.74, 6) is -0.732. The third-order valence-electron chi connectivity index (χ3n) is 4.93. The number of aryl methyl sites for hydroxylation is 2. The first-order chi connectivity index (χ1) is 14.9. The molecule has 0 radical (unpaired) electrons. The summed E-state index contributed by atoms with van der Waals surface area (Å²) in [4.78, 5) is 33.4. The van der Waals surface area contributed by atoms with E-state index in [1.807, 2.05) is 24.4 Å². The van der Waals surface area contributed by atoms with E-state index in [4.69, 9.17) is 10.1 Å². The van der Waals surface area contributed by atoms with Crippen molar-refractivity contribution in [2.45, 2.75) is 32.6 Å². The number of fused-ring (bicyclic) bond motifs is 1. The fourth-order valence-corrected chi connectivity index (χ4v) is 4.23. The molecule has 2 aromatic carbocycles. The van der Waals surface area contributed by atoms with Gasteiger partial charge in [-0.25, -0.2) is 14.4 Å². The van der Waals surface area contributed by atoms with Gasteiger partial charge in [0.1, 0.15) is 16.6 Å². The van der Waals surface area contributed by atoms with Crippen molar-refractivity contribution in [3.8, 4) is 16.3 Å². The highest BCUT2D eigenvalue weighted by Gasteiger charge is 2.15. The fourth-order valence-electron chi connectivity index (χ4n) is 3.43. The topological polar surface area (TPSA) is 85.1 Å². The summed E-state index contributed by atoms with van der Waals surface area (Å²) in [6.45, 7) is 1.93. The summed E-state index contributed by atoms with van der Waals surface area (Å²) >= 11 is 1.53. The molecule has 0 aliphatic rings. The van der Waals surface area contributed by atoms with Gasteiger partial charge in [0.15, 0.2) is 0 Å². The van der Waals surface area contributed by atoms with E-state index < -0.39 is 11.8 Å². The molecule has 2 heterocycles. The molecule has 8 heteroatoms. The lowest BCUT2D eigenvalue weighted by molar-refractivity contribution is -0.137. The van der Waals surface area contributed by atoms with E-state index >= 15 is 0 Å². The Kier molecular flexibility index (Phi) is 5.90. The van der Waals surface area contributed by atoms with Crippen LogP contribution in [0, 0.1) is 12.7 Å². The van der Waals surface area contributed by atoms with Gasteiger partial charge >= 0.3 is 5.97 Å². The highest BCUT2D eigenvalue weighted by Crippen LogP contribution is 2.26. The van der Waals surface area contributed by atoms with E-state index in [9.17, 15) is 14.0 Å². The number of aromatic nitrogens is 3. The molecule has 0 fully saturated rings. The van der Waals surface area contributed by atoms with Crippen LogP contribution in [0.15, 0.2) is 52.6 Å². The number of halogens is 1. The molecule has 31 heavy (non-hydrogen) atoms. The number of hydrogen-bond donors (Lipinski definition) is 1. The molecule has 0 saturated carbocycles. The van der Waals surface area contributed by atoms with E-state index in [1.165, 1.54) is 40.2 Å². The van der Waals surface area contributed by atoms with Crippen LogP contribution in [0.5, 0.6) is 0 Å². The van der Waals surface area contributed by atoms with Crippen molar-refractivity contribution in [3.05, 3.63) is 75.5 Å². The molecule has 0 aliphatic heterocycles. The minimum Gasteiger partial charge on any atom is -0.481 e. The maximum absolute atomic E-state index is 13.4. The summed E-state index contributed by atoms with van der Waals surface area (Å²) in [6.07, 6.45) is 1.53. The van der Waals surface area contributed by atoms with E-state index in [-0.39, 0.29) is 12.0 Å². The summed E-state index contributed by atoms with van der Waals surface area (Å²) in [6, 6.07) is 11.1. The zero-order chi connectivity index (χ0) is 22.0. The molecular formula is C23H20FN3O3S. The second-order valence-corrected chi connectivity index (χ2v) is 8.13. The minimum atomic E-state index is -0.856.